The lowest BCUT2D eigenvalue weighted by molar-refractivity contribution is 0.229. The number of aromatic nitrogens is 2. The average molecular weight is 416 g/mol. The molecule has 0 aliphatic carbocycles. The number of nitrogens with zero attached hydrogens (tertiary/aromatic N) is 4. The average Bonchev–Trinajstić information content (AvgIpc) is 3.00. The summed E-state index contributed by atoms with van der Waals surface area (Å²) in [5, 5.41) is 3.81. The van der Waals surface area contributed by atoms with Crippen LogP contribution in [0.4, 0.5) is 20.7 Å². The predicted molar refractivity (Wildman–Crippen MR) is 102 cm³/mol. The van der Waals surface area contributed by atoms with Crippen molar-refractivity contribution in [3.63, 3.8) is 0 Å². The smallest absolute Gasteiger partial charge is 0.344 e. The van der Waals surface area contributed by atoms with E-state index in [2.05, 4.69) is 10.1 Å². The van der Waals surface area contributed by atoms with E-state index in [0.29, 0.717) is 22.6 Å². The molecule has 1 aliphatic rings. The minimum atomic E-state index is -4.18. The van der Waals surface area contributed by atoms with Gasteiger partial charge in [0.15, 0.2) is 5.82 Å². The van der Waals surface area contributed by atoms with Gasteiger partial charge in [-0.2, -0.15) is 0 Å². The van der Waals surface area contributed by atoms with Crippen LogP contribution in [-0.2, 0) is 16.6 Å². The quantitative estimate of drug-likeness (QED) is 0.647. The largest absolute Gasteiger partial charge is 0.361 e. The Balaban J connectivity index is 1.90. The number of carbonyl (C=O) groups excluding carboxylic acids is 1. The Morgan fingerprint density at radius 3 is 2.59 bits per heavy atom. The van der Waals surface area contributed by atoms with E-state index < -0.39 is 21.9 Å². The van der Waals surface area contributed by atoms with Gasteiger partial charge in [-0.3, -0.25) is 0 Å². The molecule has 0 radical (unpaired) electrons. The van der Waals surface area contributed by atoms with Gasteiger partial charge in [-0.05, 0) is 50.6 Å². The number of hydrogen-bond donors (Lipinski definition) is 0. The number of carbonyl (C=O) groups is 1. The zero-order valence-corrected chi connectivity index (χ0v) is 16.7. The summed E-state index contributed by atoms with van der Waals surface area (Å²) in [6.45, 7) is 4.63. The van der Waals surface area contributed by atoms with Gasteiger partial charge in [0.25, 0.3) is 10.0 Å². The SMILES string of the molecule is Cc1ccc(N2C(=O)N(Cc3c(C)noc3C)S(=O)(=O)c3cccnc32)cc1F. The van der Waals surface area contributed by atoms with Crippen molar-refractivity contribution in [1.29, 1.82) is 0 Å². The first-order valence-corrected chi connectivity index (χ1v) is 10.2. The maximum absolute atomic E-state index is 14.2. The molecular weight excluding hydrogens is 399 g/mol. The first-order valence-electron chi connectivity index (χ1n) is 8.71. The molecule has 0 N–H and O–H groups in total. The fraction of sp³-hybridized carbons (Fsp3) is 0.211. The van der Waals surface area contributed by atoms with Crippen molar-refractivity contribution in [2.75, 3.05) is 4.90 Å². The van der Waals surface area contributed by atoms with E-state index >= 15 is 0 Å². The number of fused-ring (bicyclic) bond motifs is 1. The molecule has 0 fully saturated rings. The molecule has 8 nitrogen and oxygen atoms in total. The molecule has 0 spiro atoms. The number of benzene rings is 1. The molecule has 1 aliphatic heterocycles. The highest BCUT2D eigenvalue weighted by Gasteiger charge is 2.43. The van der Waals surface area contributed by atoms with Gasteiger partial charge in [-0.15, -0.1) is 0 Å². The third-order valence-corrected chi connectivity index (χ3v) is 6.57. The number of pyridine rings is 1. The second kappa shape index (κ2) is 6.66. The molecule has 150 valence electrons. The lowest BCUT2D eigenvalue weighted by Crippen LogP contribution is -2.48. The number of halogens is 1. The standard InChI is InChI=1S/C19H17FN4O4S/c1-11-6-7-14(9-16(11)20)24-18-17(5-4-8-21-18)29(26,27)23(19(24)25)10-15-12(2)22-28-13(15)3/h4-9H,10H2,1-3H3. The van der Waals surface area contributed by atoms with Gasteiger partial charge in [-0.1, -0.05) is 11.2 Å². The highest BCUT2D eigenvalue weighted by molar-refractivity contribution is 7.90. The van der Waals surface area contributed by atoms with Crippen LogP contribution in [0.25, 0.3) is 0 Å². The number of urea groups is 1. The van der Waals surface area contributed by atoms with Crippen molar-refractivity contribution in [3.05, 3.63) is 64.9 Å². The van der Waals surface area contributed by atoms with Gasteiger partial charge in [0.2, 0.25) is 0 Å². The lowest BCUT2D eigenvalue weighted by atomic mass is 10.2. The second-order valence-corrected chi connectivity index (χ2v) is 8.52. The Morgan fingerprint density at radius 2 is 1.93 bits per heavy atom. The van der Waals surface area contributed by atoms with E-state index in [0.717, 1.165) is 9.21 Å². The summed E-state index contributed by atoms with van der Waals surface area (Å²) < 4.78 is 46.4. The number of sulfonamides is 1. The van der Waals surface area contributed by atoms with Gasteiger partial charge in [0.05, 0.1) is 17.9 Å². The molecule has 0 atom stereocenters. The van der Waals surface area contributed by atoms with Gasteiger partial charge in [0.1, 0.15) is 16.5 Å². The number of rotatable bonds is 3. The van der Waals surface area contributed by atoms with Crippen LogP contribution in [0.1, 0.15) is 22.6 Å². The normalized spacial score (nSPS) is 15.5. The van der Waals surface area contributed by atoms with Crippen molar-refractivity contribution in [2.24, 2.45) is 0 Å². The first kappa shape index (κ1) is 19.1. The molecule has 2 amide bonds. The molecule has 0 unspecified atom stereocenters. The molecule has 10 heteroatoms. The Bertz CT molecular complexity index is 1220. The first-order chi connectivity index (χ1) is 13.7. The molecule has 3 aromatic rings. The van der Waals surface area contributed by atoms with E-state index in [1.165, 1.54) is 30.5 Å². The highest BCUT2D eigenvalue weighted by atomic mass is 32.2. The number of amides is 2. The number of aryl methyl sites for hydroxylation is 3. The summed E-state index contributed by atoms with van der Waals surface area (Å²) in [6, 6.07) is 6.20. The van der Waals surface area contributed by atoms with Crippen LogP contribution in [0.5, 0.6) is 0 Å². The molecule has 1 aromatic carbocycles. The van der Waals surface area contributed by atoms with Crippen LogP contribution in [0.15, 0.2) is 45.9 Å². The zero-order chi connectivity index (χ0) is 20.9. The monoisotopic (exact) mass is 416 g/mol. The summed E-state index contributed by atoms with van der Waals surface area (Å²) in [5.41, 5.74) is 1.55. The minimum absolute atomic E-state index is 0.0734. The molecule has 3 heterocycles. The van der Waals surface area contributed by atoms with Gasteiger partial charge < -0.3 is 4.52 Å². The van der Waals surface area contributed by atoms with Crippen molar-refractivity contribution in [2.45, 2.75) is 32.2 Å². The Hall–Kier alpha value is -3.27. The summed E-state index contributed by atoms with van der Waals surface area (Å²) in [7, 11) is -4.18. The fourth-order valence-corrected chi connectivity index (χ4v) is 4.60. The molecule has 0 bridgehead atoms. The van der Waals surface area contributed by atoms with Crippen molar-refractivity contribution < 1.29 is 22.1 Å². The van der Waals surface area contributed by atoms with E-state index in [1.54, 1.807) is 26.8 Å². The minimum Gasteiger partial charge on any atom is -0.361 e. The second-order valence-electron chi connectivity index (χ2n) is 6.69. The topological polar surface area (TPSA) is 96.6 Å². The molecule has 4 rings (SSSR count). The zero-order valence-electron chi connectivity index (χ0n) is 15.9. The molecular formula is C19H17FN4O4S. The van der Waals surface area contributed by atoms with Crippen LogP contribution < -0.4 is 4.90 Å². The molecule has 0 saturated heterocycles. The highest BCUT2D eigenvalue weighted by Crippen LogP contribution is 2.38. The Kier molecular flexibility index (Phi) is 4.38. The third kappa shape index (κ3) is 2.96. The number of hydrogen-bond acceptors (Lipinski definition) is 6. The van der Waals surface area contributed by atoms with Gasteiger partial charge >= 0.3 is 6.03 Å². The number of anilines is 2. The summed E-state index contributed by atoms with van der Waals surface area (Å²) in [4.78, 5) is 18.3. The van der Waals surface area contributed by atoms with Crippen LogP contribution in [0.2, 0.25) is 0 Å². The van der Waals surface area contributed by atoms with Crippen LogP contribution in [0.3, 0.4) is 0 Å². The van der Waals surface area contributed by atoms with Crippen LogP contribution >= 0.6 is 0 Å². The fourth-order valence-electron chi connectivity index (χ4n) is 3.15. The predicted octanol–water partition coefficient (Wildman–Crippen LogP) is 3.60. The third-order valence-electron chi connectivity index (χ3n) is 4.83. The summed E-state index contributed by atoms with van der Waals surface area (Å²) in [6.07, 6.45) is 1.38. The van der Waals surface area contributed by atoms with E-state index in [1.807, 2.05) is 0 Å². The maximum atomic E-state index is 14.2. The van der Waals surface area contributed by atoms with E-state index in [9.17, 15) is 17.6 Å². The van der Waals surface area contributed by atoms with Crippen LogP contribution in [-0.4, -0.2) is 28.9 Å². The van der Waals surface area contributed by atoms with E-state index in [4.69, 9.17) is 4.52 Å². The van der Waals surface area contributed by atoms with Crippen molar-refractivity contribution in [1.82, 2.24) is 14.4 Å². The molecule has 29 heavy (non-hydrogen) atoms. The van der Waals surface area contributed by atoms with Crippen LogP contribution in [0, 0.1) is 26.6 Å². The summed E-state index contributed by atoms with van der Waals surface area (Å²) >= 11 is 0. The molecule has 2 aromatic heterocycles. The maximum Gasteiger partial charge on any atom is 0.344 e. The van der Waals surface area contributed by atoms with Gasteiger partial charge in [0, 0.05) is 11.8 Å². The van der Waals surface area contributed by atoms with Crippen molar-refractivity contribution in [3.8, 4) is 0 Å². The van der Waals surface area contributed by atoms with Gasteiger partial charge in [-0.25, -0.2) is 31.8 Å². The van der Waals surface area contributed by atoms with Crippen molar-refractivity contribution >= 4 is 27.6 Å². The lowest BCUT2D eigenvalue weighted by Gasteiger charge is -2.35. The Morgan fingerprint density at radius 1 is 1.17 bits per heavy atom. The molecule has 0 saturated carbocycles. The Labute approximate surface area is 166 Å². The van der Waals surface area contributed by atoms with E-state index in [-0.39, 0.29) is 22.9 Å². The summed E-state index contributed by atoms with van der Waals surface area (Å²) in [5.74, 6) is -0.176.